The molecule has 0 radical (unpaired) electrons. The minimum absolute atomic E-state index is 0.198. The summed E-state index contributed by atoms with van der Waals surface area (Å²) in [6.45, 7) is 2.88. The van der Waals surface area contributed by atoms with Crippen LogP contribution in [0, 0.1) is 11.3 Å². The Balaban J connectivity index is 1.64. The highest BCUT2D eigenvalue weighted by atomic mass is 32.2. The van der Waals surface area contributed by atoms with Crippen LogP contribution in [0.25, 0.3) is 16.6 Å². The Morgan fingerprint density at radius 1 is 1.30 bits per heavy atom. The molecule has 1 saturated heterocycles. The fraction of sp³-hybridized carbons (Fsp3) is 0.421. The van der Waals surface area contributed by atoms with E-state index in [0.717, 1.165) is 54.0 Å². The zero-order valence-electron chi connectivity index (χ0n) is 15.2. The number of rotatable bonds is 5. The number of hydrogen-bond donors (Lipinski definition) is 1. The van der Waals surface area contributed by atoms with Crippen LogP contribution < -0.4 is 0 Å². The molecule has 4 heterocycles. The third-order valence-corrected chi connectivity index (χ3v) is 5.87. The fourth-order valence-electron chi connectivity index (χ4n) is 3.76. The summed E-state index contributed by atoms with van der Waals surface area (Å²) in [6, 6.07) is 4.64. The molecule has 27 heavy (non-hydrogen) atoms. The smallest absolute Gasteiger partial charge is 0.103 e. The van der Waals surface area contributed by atoms with E-state index in [-0.39, 0.29) is 6.61 Å². The number of fused-ring (bicyclic) bond motifs is 1. The van der Waals surface area contributed by atoms with Crippen molar-refractivity contribution >= 4 is 17.3 Å². The lowest BCUT2D eigenvalue weighted by molar-refractivity contribution is 0.138. The molecule has 3 aromatic rings. The molecule has 0 amide bonds. The topological polar surface area (TPSA) is 82.4 Å². The molecule has 0 saturated carbocycles. The van der Waals surface area contributed by atoms with Crippen LogP contribution in [0.5, 0.6) is 0 Å². The van der Waals surface area contributed by atoms with E-state index >= 15 is 0 Å². The van der Waals surface area contributed by atoms with E-state index in [1.165, 1.54) is 0 Å². The van der Waals surface area contributed by atoms with E-state index in [0.29, 0.717) is 11.6 Å². The summed E-state index contributed by atoms with van der Waals surface area (Å²) in [4.78, 5) is 3.32. The summed E-state index contributed by atoms with van der Waals surface area (Å²) >= 11 is 1.61. The van der Waals surface area contributed by atoms with Crippen LogP contribution in [0.15, 0.2) is 35.7 Å². The molecule has 4 rings (SSSR count). The number of likely N-dealkylation sites (tertiary alicyclic amines) is 1. The van der Waals surface area contributed by atoms with Gasteiger partial charge < -0.3 is 5.11 Å². The molecule has 0 spiro atoms. The van der Waals surface area contributed by atoms with Crippen molar-refractivity contribution in [3.8, 4) is 17.2 Å². The van der Waals surface area contributed by atoms with Crippen LogP contribution in [-0.2, 0) is 0 Å². The average molecular weight is 382 g/mol. The first-order valence-electron chi connectivity index (χ1n) is 9.06. The molecule has 1 fully saturated rings. The minimum atomic E-state index is 0.198. The Bertz CT molecular complexity index is 986. The molecule has 1 aliphatic heterocycles. The Morgan fingerprint density at radius 2 is 2.19 bits per heavy atom. The van der Waals surface area contributed by atoms with E-state index in [1.807, 2.05) is 23.3 Å². The van der Waals surface area contributed by atoms with E-state index < -0.39 is 0 Å². The number of pyridine rings is 1. The maximum atomic E-state index is 9.29. The van der Waals surface area contributed by atoms with Crippen molar-refractivity contribution < 1.29 is 5.11 Å². The maximum Gasteiger partial charge on any atom is 0.103 e. The number of β-amino-alcohol motifs (C(OH)–C–C–N with tert-alkyl or cyclic N) is 1. The van der Waals surface area contributed by atoms with Gasteiger partial charge in [-0.05, 0) is 31.7 Å². The van der Waals surface area contributed by atoms with Crippen molar-refractivity contribution in [1.29, 1.82) is 5.26 Å². The molecule has 0 aromatic carbocycles. The number of nitrogens with zero attached hydrogens (tertiary/aromatic N) is 6. The largest absolute Gasteiger partial charge is 0.395 e. The fourth-order valence-corrected chi connectivity index (χ4v) is 4.40. The monoisotopic (exact) mass is 382 g/mol. The summed E-state index contributed by atoms with van der Waals surface area (Å²) in [6.07, 6.45) is 11.8. The number of aliphatic hydroxyl groups is 1. The molecule has 0 unspecified atom stereocenters. The molecular formula is C19H22N6OS. The zero-order valence-corrected chi connectivity index (χ0v) is 16.1. The van der Waals surface area contributed by atoms with Gasteiger partial charge in [0.25, 0.3) is 0 Å². The highest BCUT2D eigenvalue weighted by molar-refractivity contribution is 7.98. The van der Waals surface area contributed by atoms with Gasteiger partial charge in [0, 0.05) is 41.5 Å². The summed E-state index contributed by atoms with van der Waals surface area (Å²) < 4.78 is 3.83. The molecule has 3 aromatic heterocycles. The molecule has 8 heteroatoms. The van der Waals surface area contributed by atoms with Crippen LogP contribution >= 0.6 is 11.8 Å². The number of aromatic nitrogens is 4. The first-order chi connectivity index (χ1) is 13.2. The highest BCUT2D eigenvalue weighted by Gasteiger charge is 2.22. The molecule has 1 N–H and O–H groups in total. The van der Waals surface area contributed by atoms with Crippen LogP contribution in [0.2, 0.25) is 0 Å². The van der Waals surface area contributed by atoms with Gasteiger partial charge in [0.15, 0.2) is 0 Å². The normalized spacial score (nSPS) is 18.0. The average Bonchev–Trinajstić information content (AvgIpc) is 3.35. The molecule has 1 aliphatic rings. The predicted octanol–water partition coefficient (Wildman–Crippen LogP) is 2.42. The number of hydrogen-bond acceptors (Lipinski definition) is 6. The second kappa shape index (κ2) is 7.72. The SMILES string of the molecule is CSc1cc(-c2cnn([C@H]3CCCN(CCO)C3)c2)cn2ncc(C#N)c12. The molecule has 0 aliphatic carbocycles. The number of aliphatic hydroxyl groups excluding tert-OH is 1. The lowest BCUT2D eigenvalue weighted by atomic mass is 10.1. The standard InChI is InChI=1S/C19H22N6OS/c1-27-18-7-14(11-25-19(18)15(8-20)9-22-25)16-10-21-24(12-16)17-3-2-4-23(13-17)5-6-26/h7,9-12,17,26H,2-6,13H2,1H3/t17-/m0/s1. The van der Waals surface area contributed by atoms with Gasteiger partial charge in [-0.25, -0.2) is 4.52 Å². The second-order valence-corrected chi connectivity index (χ2v) is 7.64. The first-order valence-corrected chi connectivity index (χ1v) is 10.3. The van der Waals surface area contributed by atoms with Crippen LogP contribution in [-0.4, -0.2) is 61.9 Å². The lowest BCUT2D eigenvalue weighted by Crippen LogP contribution is -2.38. The quantitative estimate of drug-likeness (QED) is 0.683. The zero-order chi connectivity index (χ0) is 18.8. The summed E-state index contributed by atoms with van der Waals surface area (Å²) in [5.74, 6) is 0. The van der Waals surface area contributed by atoms with Crippen molar-refractivity contribution in [3.05, 3.63) is 36.4 Å². The van der Waals surface area contributed by atoms with Gasteiger partial charge in [0.05, 0.1) is 36.1 Å². The van der Waals surface area contributed by atoms with Crippen LogP contribution in [0.1, 0.15) is 24.4 Å². The van der Waals surface area contributed by atoms with E-state index in [4.69, 9.17) is 0 Å². The van der Waals surface area contributed by atoms with Crippen molar-refractivity contribution in [3.63, 3.8) is 0 Å². The van der Waals surface area contributed by atoms with Gasteiger partial charge >= 0.3 is 0 Å². The van der Waals surface area contributed by atoms with Gasteiger partial charge in [-0.1, -0.05) is 0 Å². The van der Waals surface area contributed by atoms with Crippen molar-refractivity contribution in [2.75, 3.05) is 32.5 Å². The third kappa shape index (κ3) is 3.46. The number of nitriles is 1. The van der Waals surface area contributed by atoms with Crippen molar-refractivity contribution in [2.24, 2.45) is 0 Å². The number of thioether (sulfide) groups is 1. The molecular weight excluding hydrogens is 360 g/mol. The van der Waals surface area contributed by atoms with E-state index in [1.54, 1.807) is 22.5 Å². The van der Waals surface area contributed by atoms with Gasteiger partial charge in [-0.2, -0.15) is 15.5 Å². The maximum absolute atomic E-state index is 9.29. The number of piperidine rings is 1. The minimum Gasteiger partial charge on any atom is -0.395 e. The van der Waals surface area contributed by atoms with Gasteiger partial charge in [-0.15, -0.1) is 11.8 Å². The Morgan fingerprint density at radius 3 is 2.96 bits per heavy atom. The summed E-state index contributed by atoms with van der Waals surface area (Å²) in [5.41, 5.74) is 3.52. The Hall–Kier alpha value is -2.34. The van der Waals surface area contributed by atoms with Gasteiger partial charge in [0.2, 0.25) is 0 Å². The Kier molecular flexibility index (Phi) is 5.16. The summed E-state index contributed by atoms with van der Waals surface area (Å²) in [5, 5.41) is 27.4. The van der Waals surface area contributed by atoms with Gasteiger partial charge in [0.1, 0.15) is 6.07 Å². The first kappa shape index (κ1) is 18.0. The van der Waals surface area contributed by atoms with Gasteiger partial charge in [-0.3, -0.25) is 9.58 Å². The lowest BCUT2D eigenvalue weighted by Gasteiger charge is -2.32. The van der Waals surface area contributed by atoms with Crippen molar-refractivity contribution in [2.45, 2.75) is 23.8 Å². The van der Waals surface area contributed by atoms with Crippen molar-refractivity contribution in [1.82, 2.24) is 24.3 Å². The Labute approximate surface area is 162 Å². The molecule has 140 valence electrons. The molecule has 0 bridgehead atoms. The third-order valence-electron chi connectivity index (χ3n) is 5.12. The van der Waals surface area contributed by atoms with E-state index in [9.17, 15) is 10.4 Å². The predicted molar refractivity (Wildman–Crippen MR) is 105 cm³/mol. The van der Waals surface area contributed by atoms with E-state index in [2.05, 4.69) is 33.4 Å². The van der Waals surface area contributed by atoms with Crippen LogP contribution in [0.3, 0.4) is 0 Å². The molecule has 1 atom stereocenters. The summed E-state index contributed by atoms with van der Waals surface area (Å²) in [7, 11) is 0. The molecule has 7 nitrogen and oxygen atoms in total. The highest BCUT2D eigenvalue weighted by Crippen LogP contribution is 2.31. The second-order valence-electron chi connectivity index (χ2n) is 6.79. The van der Waals surface area contributed by atoms with Crippen LogP contribution in [0.4, 0.5) is 0 Å².